The van der Waals surface area contributed by atoms with E-state index in [0.717, 1.165) is 0 Å². The molecule has 33 heavy (non-hydrogen) atoms. The quantitative estimate of drug-likeness (QED) is 0.430. The van der Waals surface area contributed by atoms with Gasteiger partial charge in [0.1, 0.15) is 6.04 Å². The maximum Gasteiger partial charge on any atom is 0.552 e. The van der Waals surface area contributed by atoms with Crippen LogP contribution in [0, 0.1) is 5.92 Å². The molecule has 1 saturated heterocycles. The molecular weight excluding hydrogens is 476 g/mol. The van der Waals surface area contributed by atoms with E-state index in [1.165, 1.54) is 37.2 Å². The van der Waals surface area contributed by atoms with Crippen molar-refractivity contribution in [2.45, 2.75) is 38.4 Å². The Labute approximate surface area is 202 Å². The number of nitrogens with zero attached hydrogens (tertiary/aromatic N) is 1. The minimum Gasteiger partial charge on any atom is -0.507 e. The first-order valence-electron chi connectivity index (χ1n) is 10.2. The number of nitrogens with one attached hydrogen (secondary N) is 2. The predicted octanol–water partition coefficient (Wildman–Crippen LogP) is 1.24. The van der Waals surface area contributed by atoms with Crippen LogP contribution in [-0.4, -0.2) is 79.6 Å². The Morgan fingerprint density at radius 3 is 2.48 bits per heavy atom. The summed E-state index contributed by atoms with van der Waals surface area (Å²) in [5.74, 6) is -4.07. The molecule has 1 aliphatic heterocycles. The van der Waals surface area contributed by atoms with Gasteiger partial charge in [-0.2, -0.15) is 0 Å². The highest BCUT2D eigenvalue weighted by Gasteiger charge is 2.50. The van der Waals surface area contributed by atoms with Crippen molar-refractivity contribution in [2.75, 3.05) is 20.6 Å². The third kappa shape index (κ3) is 7.33. The van der Waals surface area contributed by atoms with Gasteiger partial charge in [0.25, 0.3) is 5.91 Å². The Morgan fingerprint density at radius 1 is 1.24 bits per heavy atom. The third-order valence-corrected chi connectivity index (χ3v) is 5.39. The number of carbonyl (C=O) groups excluding carboxylic acids is 3. The van der Waals surface area contributed by atoms with E-state index in [0.29, 0.717) is 11.4 Å². The van der Waals surface area contributed by atoms with Crippen LogP contribution in [0.5, 0.6) is 0 Å². The number of hydrogen-bond donors (Lipinski definition) is 3. The van der Waals surface area contributed by atoms with Crippen LogP contribution in [0.15, 0.2) is 18.2 Å². The summed E-state index contributed by atoms with van der Waals surface area (Å²) in [7, 11) is 1.76. The number of halogens is 2. The zero-order chi connectivity index (χ0) is 24.9. The number of carboxylic acid groups (broad SMARTS) is 1. The topological polar surface area (TPSA) is 134 Å². The van der Waals surface area contributed by atoms with E-state index in [9.17, 15) is 24.3 Å². The number of amides is 2. The van der Waals surface area contributed by atoms with Crippen molar-refractivity contribution in [1.82, 2.24) is 15.5 Å². The molecule has 1 heterocycles. The smallest absolute Gasteiger partial charge is 0.507 e. The number of likely N-dealkylation sites (N-methyl/N-ethyl adjacent to an activating group) is 1. The molecule has 180 valence electrons. The van der Waals surface area contributed by atoms with Gasteiger partial charge in [0.15, 0.2) is 6.10 Å². The van der Waals surface area contributed by atoms with Crippen LogP contribution in [0.3, 0.4) is 0 Å². The molecule has 2 amide bonds. The molecule has 0 unspecified atom stereocenters. The third-order valence-electron chi connectivity index (χ3n) is 4.82. The number of hydrogen-bond acceptors (Lipinski definition) is 7. The van der Waals surface area contributed by atoms with E-state index in [1.807, 2.05) is 13.8 Å². The van der Waals surface area contributed by atoms with Crippen molar-refractivity contribution in [2.24, 2.45) is 5.92 Å². The molecule has 0 aromatic heterocycles. The van der Waals surface area contributed by atoms with Gasteiger partial charge in [-0.25, -0.2) is 4.79 Å². The summed E-state index contributed by atoms with van der Waals surface area (Å²) in [6.07, 6.45) is -1.14. The minimum absolute atomic E-state index is 0.0484. The minimum atomic E-state index is -1.47. The largest absolute Gasteiger partial charge is 0.552 e. The number of aliphatic carboxylic acids is 1. The van der Waals surface area contributed by atoms with Crippen LogP contribution in [0.2, 0.25) is 10.0 Å². The molecule has 0 radical (unpaired) electrons. The number of carbonyl (C=O) groups is 4. The second-order valence-electron chi connectivity index (χ2n) is 8.22. The first-order valence-corrected chi connectivity index (χ1v) is 10.9. The highest BCUT2D eigenvalue weighted by Crippen LogP contribution is 2.22. The molecule has 1 aromatic carbocycles. The molecule has 10 nitrogen and oxygen atoms in total. The van der Waals surface area contributed by atoms with Crippen LogP contribution in [0.4, 0.5) is 0 Å². The Kier molecular flexibility index (Phi) is 9.53. The van der Waals surface area contributed by atoms with Gasteiger partial charge in [-0.05, 0) is 44.6 Å². The first kappa shape index (κ1) is 26.9. The van der Waals surface area contributed by atoms with Crippen LogP contribution in [-0.2, 0) is 23.7 Å². The molecule has 0 saturated carbocycles. The molecule has 2 rings (SSSR count). The highest BCUT2D eigenvalue weighted by atomic mass is 35.5. The van der Waals surface area contributed by atoms with Gasteiger partial charge in [-0.15, -0.1) is 0 Å². The van der Waals surface area contributed by atoms with Crippen LogP contribution in [0.1, 0.15) is 30.6 Å². The Bertz CT molecular complexity index is 916. The summed E-state index contributed by atoms with van der Waals surface area (Å²) in [6.45, 7) is 3.35. The summed E-state index contributed by atoms with van der Waals surface area (Å²) in [6, 6.07) is 3.24. The highest BCUT2D eigenvalue weighted by molar-refractivity contribution is 6.50. The lowest BCUT2D eigenvalue weighted by Crippen LogP contribution is -2.63. The molecule has 0 bridgehead atoms. The second kappa shape index (κ2) is 11.7. The maximum absolute atomic E-state index is 12.5. The maximum atomic E-state index is 12.5. The number of benzene rings is 1. The summed E-state index contributed by atoms with van der Waals surface area (Å²) in [4.78, 5) is 50.4. The molecular formula is C20H26BCl2N3O7. The fourth-order valence-corrected chi connectivity index (χ4v) is 3.71. The fraction of sp³-hybridized carbons (Fsp3) is 0.500. The van der Waals surface area contributed by atoms with Gasteiger partial charge in [-0.3, -0.25) is 19.3 Å². The van der Waals surface area contributed by atoms with E-state index in [4.69, 9.17) is 32.5 Å². The fourth-order valence-electron chi connectivity index (χ4n) is 3.34. The Hall–Kier alpha value is -2.34. The summed E-state index contributed by atoms with van der Waals surface area (Å²) < 4.78 is 10.9. The Morgan fingerprint density at radius 2 is 1.91 bits per heavy atom. The lowest BCUT2D eigenvalue weighted by molar-refractivity contribution is -0.165. The van der Waals surface area contributed by atoms with Crippen LogP contribution < -0.4 is 10.6 Å². The summed E-state index contributed by atoms with van der Waals surface area (Å²) in [5.41, 5.74) is 0.110. The monoisotopic (exact) mass is 501 g/mol. The average molecular weight is 502 g/mol. The predicted molar refractivity (Wildman–Crippen MR) is 122 cm³/mol. The van der Waals surface area contributed by atoms with Crippen LogP contribution in [0.25, 0.3) is 0 Å². The lowest BCUT2D eigenvalue weighted by atomic mass is 9.72. The Balaban J connectivity index is 2.08. The average Bonchev–Trinajstić information content (AvgIpc) is 2.71. The van der Waals surface area contributed by atoms with Crippen molar-refractivity contribution >= 4 is 54.1 Å². The molecule has 1 aromatic rings. The van der Waals surface area contributed by atoms with Crippen molar-refractivity contribution in [3.63, 3.8) is 0 Å². The first-order chi connectivity index (χ1) is 15.4. The van der Waals surface area contributed by atoms with Gasteiger partial charge >= 0.3 is 19.1 Å². The summed E-state index contributed by atoms with van der Waals surface area (Å²) >= 11 is 11.9. The molecule has 1 fully saturated rings. The molecule has 1 aliphatic rings. The van der Waals surface area contributed by atoms with E-state index in [-0.39, 0.29) is 16.5 Å². The second-order valence-corrected chi connectivity index (χ2v) is 9.06. The van der Waals surface area contributed by atoms with Gasteiger partial charge in [0.2, 0.25) is 5.91 Å². The molecule has 3 N–H and O–H groups in total. The van der Waals surface area contributed by atoms with Gasteiger partial charge in [0, 0.05) is 5.02 Å². The number of rotatable bonds is 9. The molecule has 0 spiro atoms. The van der Waals surface area contributed by atoms with E-state index in [1.54, 1.807) is 0 Å². The summed E-state index contributed by atoms with van der Waals surface area (Å²) in [5, 5.41) is 15.1. The molecule has 0 aliphatic carbocycles. The van der Waals surface area contributed by atoms with Crippen molar-refractivity contribution in [1.29, 1.82) is 0 Å². The standard InChI is InChI=1S/C20H26BCl2N3O7/c1-10(2)7-14(21-32-17(19(29)30)16(26(3)4)20(31)33-21)25-15(27)9-24-18(28)12-8-11(22)5-6-13(12)23/h5-6,8,10,14,16-17H,7,9H2,1-4H3,(H,24,28)(H,25,27)(H,29,30)/t14-,16-,17+/m0/s1. The molecule has 13 heteroatoms. The SMILES string of the molecule is CC(C)C[C@H](NC(=O)CNC(=O)c1cc(Cl)ccc1Cl)B1OC(=O)[C@@H](N(C)C)[C@H](C(=O)O)O1. The van der Waals surface area contributed by atoms with Crippen molar-refractivity contribution < 1.29 is 33.6 Å². The van der Waals surface area contributed by atoms with Gasteiger partial charge < -0.3 is 25.0 Å². The normalized spacial score (nSPS) is 19.3. The zero-order valence-electron chi connectivity index (χ0n) is 18.6. The van der Waals surface area contributed by atoms with Crippen molar-refractivity contribution in [3.8, 4) is 0 Å². The zero-order valence-corrected chi connectivity index (χ0v) is 20.1. The van der Waals surface area contributed by atoms with Gasteiger partial charge in [0.05, 0.1) is 23.1 Å². The van der Waals surface area contributed by atoms with E-state index < -0.39 is 55.5 Å². The van der Waals surface area contributed by atoms with E-state index >= 15 is 0 Å². The van der Waals surface area contributed by atoms with Gasteiger partial charge in [-0.1, -0.05) is 37.0 Å². The number of carboxylic acids is 1. The van der Waals surface area contributed by atoms with Crippen molar-refractivity contribution in [3.05, 3.63) is 33.8 Å². The van der Waals surface area contributed by atoms with Crippen LogP contribution >= 0.6 is 23.2 Å². The lowest BCUT2D eigenvalue weighted by Gasteiger charge is -2.37. The molecule has 3 atom stereocenters. The van der Waals surface area contributed by atoms with E-state index in [2.05, 4.69) is 10.6 Å².